The molecule has 66 valence electrons. The number of hydrogen-bond donors (Lipinski definition) is 2. The van der Waals surface area contributed by atoms with Crippen LogP contribution >= 0.6 is 11.7 Å². The van der Waals surface area contributed by atoms with Crippen LogP contribution in [-0.2, 0) is 6.42 Å². The maximum absolute atomic E-state index is 9.94. The van der Waals surface area contributed by atoms with Gasteiger partial charge < -0.3 is 10.4 Å². The number of nitrogens with zero attached hydrogens (tertiary/aromatic N) is 2. The van der Waals surface area contributed by atoms with Gasteiger partial charge in [0.1, 0.15) is 0 Å². The lowest BCUT2D eigenvalue weighted by Crippen LogP contribution is -2.33. The zero-order chi connectivity index (χ0) is 8.44. The molecule has 4 nitrogen and oxygen atoms in total. The molecule has 0 radical (unpaired) electrons. The van der Waals surface area contributed by atoms with Crippen molar-refractivity contribution in [2.24, 2.45) is 0 Å². The summed E-state index contributed by atoms with van der Waals surface area (Å²) in [6, 6.07) is 0. The molecule has 1 saturated heterocycles. The number of β-amino-alcohol motifs (C(OH)–C–C–N with tert-alkyl or cyclic N) is 1. The fourth-order valence-electron chi connectivity index (χ4n) is 1.48. The van der Waals surface area contributed by atoms with Crippen LogP contribution in [0.3, 0.4) is 0 Å². The molecule has 2 rings (SSSR count). The first kappa shape index (κ1) is 8.10. The van der Waals surface area contributed by atoms with Crippen molar-refractivity contribution in [2.75, 3.05) is 13.1 Å². The third-order valence-corrected chi connectivity index (χ3v) is 2.65. The first-order valence-corrected chi connectivity index (χ1v) is 4.71. The third kappa shape index (κ3) is 1.63. The minimum atomic E-state index is -0.588. The van der Waals surface area contributed by atoms with Crippen LogP contribution in [0.1, 0.15) is 12.1 Å². The summed E-state index contributed by atoms with van der Waals surface area (Å²) in [7, 11) is 0. The molecule has 1 aliphatic rings. The predicted molar refractivity (Wildman–Crippen MR) is 46.0 cm³/mol. The number of rotatable bonds is 2. The molecule has 1 atom stereocenters. The summed E-state index contributed by atoms with van der Waals surface area (Å²) in [6.45, 7) is 1.57. The van der Waals surface area contributed by atoms with Gasteiger partial charge in [-0.1, -0.05) is 0 Å². The molecule has 0 aromatic carbocycles. The van der Waals surface area contributed by atoms with E-state index in [0.717, 1.165) is 18.7 Å². The minimum Gasteiger partial charge on any atom is -0.388 e. The van der Waals surface area contributed by atoms with Crippen LogP contribution in [0.15, 0.2) is 6.20 Å². The molecule has 2 heterocycles. The van der Waals surface area contributed by atoms with E-state index in [1.54, 1.807) is 6.20 Å². The third-order valence-electron chi connectivity index (χ3n) is 2.14. The molecule has 2 N–H and O–H groups in total. The summed E-state index contributed by atoms with van der Waals surface area (Å²) in [4.78, 5) is 0. The van der Waals surface area contributed by atoms with Gasteiger partial charge in [0, 0.05) is 13.0 Å². The van der Waals surface area contributed by atoms with Crippen LogP contribution in [-0.4, -0.2) is 32.5 Å². The quantitative estimate of drug-likeness (QED) is 0.670. The highest BCUT2D eigenvalue weighted by molar-refractivity contribution is 6.99. The first-order valence-electron chi connectivity index (χ1n) is 3.98. The van der Waals surface area contributed by atoms with Crippen LogP contribution in [0.5, 0.6) is 0 Å². The number of hydrogen-bond acceptors (Lipinski definition) is 5. The van der Waals surface area contributed by atoms with Crippen LogP contribution in [0.25, 0.3) is 0 Å². The van der Waals surface area contributed by atoms with Crippen molar-refractivity contribution in [3.63, 3.8) is 0 Å². The van der Waals surface area contributed by atoms with Crippen molar-refractivity contribution in [3.8, 4) is 0 Å². The van der Waals surface area contributed by atoms with Gasteiger partial charge in [-0.15, -0.1) is 0 Å². The standard InChI is InChI=1S/C7H11N3OS/c11-7(1-2-8-5-7)3-6-4-9-12-10-6/h4,8,11H,1-3,5H2. The Kier molecular flexibility index (Phi) is 2.08. The smallest absolute Gasteiger partial charge is 0.0839 e. The first-order chi connectivity index (χ1) is 5.79. The van der Waals surface area contributed by atoms with Crippen molar-refractivity contribution in [1.29, 1.82) is 0 Å². The van der Waals surface area contributed by atoms with E-state index in [1.165, 1.54) is 11.7 Å². The fraction of sp³-hybridized carbons (Fsp3) is 0.714. The number of aromatic nitrogens is 2. The van der Waals surface area contributed by atoms with Gasteiger partial charge in [0.15, 0.2) is 0 Å². The van der Waals surface area contributed by atoms with E-state index in [0.29, 0.717) is 13.0 Å². The van der Waals surface area contributed by atoms with Gasteiger partial charge in [-0.3, -0.25) is 0 Å². The van der Waals surface area contributed by atoms with Gasteiger partial charge in [-0.05, 0) is 13.0 Å². The summed E-state index contributed by atoms with van der Waals surface area (Å²) in [5.41, 5.74) is 0.307. The molecule has 0 spiro atoms. The maximum Gasteiger partial charge on any atom is 0.0839 e. The summed E-state index contributed by atoms with van der Waals surface area (Å²) in [5, 5.41) is 13.1. The molecule has 1 fully saturated rings. The molecule has 5 heteroatoms. The molecule has 1 aromatic rings. The van der Waals surface area contributed by atoms with Crippen LogP contribution < -0.4 is 5.32 Å². The van der Waals surface area contributed by atoms with Gasteiger partial charge in [0.05, 0.1) is 29.2 Å². The van der Waals surface area contributed by atoms with Crippen LogP contribution in [0, 0.1) is 0 Å². The number of nitrogens with one attached hydrogen (secondary N) is 1. The Balaban J connectivity index is 2.02. The van der Waals surface area contributed by atoms with Gasteiger partial charge in [-0.25, -0.2) is 0 Å². The molecule has 12 heavy (non-hydrogen) atoms. The van der Waals surface area contributed by atoms with E-state index in [9.17, 15) is 5.11 Å². The molecular weight excluding hydrogens is 174 g/mol. The van der Waals surface area contributed by atoms with E-state index in [4.69, 9.17) is 0 Å². The summed E-state index contributed by atoms with van der Waals surface area (Å²) in [6.07, 6.45) is 3.15. The van der Waals surface area contributed by atoms with Crippen LogP contribution in [0.2, 0.25) is 0 Å². The second-order valence-electron chi connectivity index (χ2n) is 3.23. The molecule has 0 amide bonds. The Hall–Kier alpha value is -0.520. The second kappa shape index (κ2) is 3.08. The Morgan fingerprint density at radius 1 is 1.75 bits per heavy atom. The lowest BCUT2D eigenvalue weighted by atomic mass is 9.97. The zero-order valence-corrected chi connectivity index (χ0v) is 7.47. The Morgan fingerprint density at radius 2 is 2.67 bits per heavy atom. The molecule has 1 aliphatic heterocycles. The number of aliphatic hydroxyl groups is 1. The molecule has 1 aromatic heterocycles. The average Bonchev–Trinajstić information content (AvgIpc) is 2.62. The van der Waals surface area contributed by atoms with Crippen LogP contribution in [0.4, 0.5) is 0 Å². The monoisotopic (exact) mass is 185 g/mol. The Bertz CT molecular complexity index is 243. The van der Waals surface area contributed by atoms with Crippen molar-refractivity contribution >= 4 is 11.7 Å². The Morgan fingerprint density at radius 3 is 3.25 bits per heavy atom. The normalized spacial score (nSPS) is 29.4. The SMILES string of the molecule is OC1(Cc2cnsn2)CCNC1. The van der Waals surface area contributed by atoms with E-state index in [2.05, 4.69) is 14.1 Å². The largest absolute Gasteiger partial charge is 0.388 e. The van der Waals surface area contributed by atoms with Gasteiger partial charge in [0.2, 0.25) is 0 Å². The molecule has 0 saturated carbocycles. The zero-order valence-electron chi connectivity index (χ0n) is 6.66. The maximum atomic E-state index is 9.94. The van der Waals surface area contributed by atoms with Crippen molar-refractivity contribution in [3.05, 3.63) is 11.9 Å². The molecule has 1 unspecified atom stereocenters. The second-order valence-corrected chi connectivity index (χ2v) is 3.78. The van der Waals surface area contributed by atoms with E-state index in [1.807, 2.05) is 0 Å². The summed E-state index contributed by atoms with van der Waals surface area (Å²) >= 11 is 1.19. The minimum absolute atomic E-state index is 0.588. The Labute approximate surface area is 75.0 Å². The highest BCUT2D eigenvalue weighted by atomic mass is 32.1. The highest BCUT2D eigenvalue weighted by Crippen LogP contribution is 2.19. The van der Waals surface area contributed by atoms with E-state index in [-0.39, 0.29) is 0 Å². The fourth-order valence-corrected chi connectivity index (χ4v) is 1.91. The summed E-state index contributed by atoms with van der Waals surface area (Å²) < 4.78 is 7.96. The van der Waals surface area contributed by atoms with Gasteiger partial charge >= 0.3 is 0 Å². The highest BCUT2D eigenvalue weighted by Gasteiger charge is 2.31. The van der Waals surface area contributed by atoms with Crippen molar-refractivity contribution < 1.29 is 5.11 Å². The molecular formula is C7H11N3OS. The summed E-state index contributed by atoms with van der Waals surface area (Å²) in [5.74, 6) is 0. The molecule has 0 bridgehead atoms. The molecule has 0 aliphatic carbocycles. The van der Waals surface area contributed by atoms with Gasteiger partial charge in [-0.2, -0.15) is 8.75 Å². The van der Waals surface area contributed by atoms with Crippen molar-refractivity contribution in [2.45, 2.75) is 18.4 Å². The van der Waals surface area contributed by atoms with Gasteiger partial charge in [0.25, 0.3) is 0 Å². The van der Waals surface area contributed by atoms with Crippen molar-refractivity contribution in [1.82, 2.24) is 14.1 Å². The lowest BCUT2D eigenvalue weighted by molar-refractivity contribution is 0.0611. The predicted octanol–water partition coefficient (Wildman–Crippen LogP) is -0.195. The van der Waals surface area contributed by atoms with E-state index >= 15 is 0 Å². The average molecular weight is 185 g/mol. The lowest BCUT2D eigenvalue weighted by Gasteiger charge is -2.18. The van der Waals surface area contributed by atoms with E-state index < -0.39 is 5.60 Å². The topological polar surface area (TPSA) is 58.0 Å².